The molecule has 1 unspecified atom stereocenters. The van der Waals surface area contributed by atoms with Gasteiger partial charge in [-0.2, -0.15) is 5.10 Å². The number of amides is 2. The number of aromatic amines is 1. The lowest BCUT2D eigenvalue weighted by atomic mass is 9.83. The van der Waals surface area contributed by atoms with Crippen molar-refractivity contribution in [2.45, 2.75) is 18.9 Å². The van der Waals surface area contributed by atoms with Crippen LogP contribution in [-0.2, 0) is 21.5 Å². The first-order valence-corrected chi connectivity index (χ1v) is 9.90. The van der Waals surface area contributed by atoms with E-state index >= 15 is 0 Å². The fourth-order valence-corrected chi connectivity index (χ4v) is 4.50. The van der Waals surface area contributed by atoms with E-state index < -0.39 is 10.5 Å². The van der Waals surface area contributed by atoms with Crippen LogP contribution in [0, 0.1) is 10.1 Å². The molecule has 1 saturated heterocycles. The molecule has 156 valence electrons. The monoisotopic (exact) mass is 417 g/mol. The number of piperazine rings is 1. The highest BCUT2D eigenvalue weighted by atomic mass is 16.6. The highest BCUT2D eigenvalue weighted by Gasteiger charge is 2.54. The third-order valence-corrected chi connectivity index (χ3v) is 6.11. The van der Waals surface area contributed by atoms with E-state index in [0.29, 0.717) is 18.5 Å². The standard InChI is InChI=1S/C22H19N5O4/c1-22-20-17(16-4-2-3-5-18(16)24-20)10-11-25(22)19(28)13-26(21(22)29)23-12-14-6-8-15(9-7-14)27(30)31/h2-9,12,24H,10-11,13H2,1H3/b23-12+. The molecule has 0 bridgehead atoms. The van der Waals surface area contributed by atoms with Crippen molar-refractivity contribution in [3.05, 3.63) is 75.5 Å². The van der Waals surface area contributed by atoms with Crippen LogP contribution in [0.25, 0.3) is 10.9 Å². The van der Waals surface area contributed by atoms with Crippen LogP contribution in [0.4, 0.5) is 5.69 Å². The zero-order valence-electron chi connectivity index (χ0n) is 16.7. The van der Waals surface area contributed by atoms with Crippen molar-refractivity contribution in [2.24, 2.45) is 5.10 Å². The summed E-state index contributed by atoms with van der Waals surface area (Å²) in [6, 6.07) is 13.7. The third kappa shape index (κ3) is 2.81. The maximum Gasteiger partial charge on any atom is 0.275 e. The fraction of sp³-hybridized carbons (Fsp3) is 0.227. The van der Waals surface area contributed by atoms with Gasteiger partial charge in [-0.1, -0.05) is 18.2 Å². The minimum absolute atomic E-state index is 0.0296. The molecule has 9 heteroatoms. The topological polar surface area (TPSA) is 112 Å². The van der Waals surface area contributed by atoms with Crippen molar-refractivity contribution in [1.29, 1.82) is 0 Å². The predicted molar refractivity (Wildman–Crippen MR) is 113 cm³/mol. The molecule has 0 spiro atoms. The molecule has 9 nitrogen and oxygen atoms in total. The van der Waals surface area contributed by atoms with E-state index in [4.69, 9.17) is 0 Å². The normalized spacial score (nSPS) is 20.9. The van der Waals surface area contributed by atoms with Crippen LogP contribution in [0.15, 0.2) is 53.6 Å². The Morgan fingerprint density at radius 1 is 1.16 bits per heavy atom. The summed E-state index contributed by atoms with van der Waals surface area (Å²) in [6.07, 6.45) is 2.11. The second-order valence-corrected chi connectivity index (χ2v) is 7.85. The second-order valence-electron chi connectivity index (χ2n) is 7.85. The molecule has 5 rings (SSSR count). The molecule has 0 saturated carbocycles. The van der Waals surface area contributed by atoms with E-state index in [1.807, 2.05) is 24.3 Å². The van der Waals surface area contributed by atoms with Crippen molar-refractivity contribution in [3.8, 4) is 0 Å². The maximum absolute atomic E-state index is 13.5. The Bertz CT molecular complexity index is 1260. The van der Waals surface area contributed by atoms with Crippen LogP contribution < -0.4 is 0 Å². The molecule has 1 fully saturated rings. The number of para-hydroxylation sites is 1. The number of non-ortho nitro benzene ring substituents is 1. The Labute approximate surface area is 177 Å². The Hall–Kier alpha value is -4.01. The molecular weight excluding hydrogens is 398 g/mol. The summed E-state index contributed by atoms with van der Waals surface area (Å²) in [6.45, 7) is 2.08. The first-order valence-electron chi connectivity index (χ1n) is 9.90. The van der Waals surface area contributed by atoms with E-state index in [-0.39, 0.29) is 24.0 Å². The molecule has 31 heavy (non-hydrogen) atoms. The van der Waals surface area contributed by atoms with E-state index in [9.17, 15) is 19.7 Å². The quantitative estimate of drug-likeness (QED) is 0.401. The number of fused-ring (bicyclic) bond motifs is 5. The van der Waals surface area contributed by atoms with Gasteiger partial charge < -0.3 is 9.88 Å². The zero-order chi connectivity index (χ0) is 21.8. The molecular formula is C22H19N5O4. The van der Waals surface area contributed by atoms with E-state index in [1.165, 1.54) is 23.4 Å². The molecule has 2 aromatic carbocycles. The third-order valence-electron chi connectivity index (χ3n) is 6.11. The number of nitro benzene ring substituents is 1. The lowest BCUT2D eigenvalue weighted by Crippen LogP contribution is -2.65. The smallest absolute Gasteiger partial charge is 0.275 e. The number of hydrogen-bond acceptors (Lipinski definition) is 5. The number of rotatable bonds is 3. The summed E-state index contributed by atoms with van der Waals surface area (Å²) in [7, 11) is 0. The molecule has 1 atom stereocenters. The molecule has 2 amide bonds. The predicted octanol–water partition coefficient (Wildman–Crippen LogP) is 2.55. The van der Waals surface area contributed by atoms with Gasteiger partial charge in [0.05, 0.1) is 16.8 Å². The van der Waals surface area contributed by atoms with Crippen LogP contribution in [0.1, 0.15) is 23.7 Å². The number of benzene rings is 2. The lowest BCUT2D eigenvalue weighted by Gasteiger charge is -2.48. The van der Waals surface area contributed by atoms with Gasteiger partial charge in [0.25, 0.3) is 11.6 Å². The number of nitrogens with zero attached hydrogens (tertiary/aromatic N) is 4. The van der Waals surface area contributed by atoms with Crippen molar-refractivity contribution >= 4 is 34.6 Å². The van der Waals surface area contributed by atoms with Crippen LogP contribution >= 0.6 is 0 Å². The lowest BCUT2D eigenvalue weighted by molar-refractivity contribution is -0.384. The average Bonchev–Trinajstić information content (AvgIpc) is 3.16. The average molecular weight is 417 g/mol. The maximum atomic E-state index is 13.5. The summed E-state index contributed by atoms with van der Waals surface area (Å²) in [5.74, 6) is -0.468. The van der Waals surface area contributed by atoms with Gasteiger partial charge in [0, 0.05) is 29.6 Å². The van der Waals surface area contributed by atoms with E-state index in [0.717, 1.165) is 22.2 Å². The van der Waals surface area contributed by atoms with Crippen molar-refractivity contribution in [1.82, 2.24) is 14.9 Å². The van der Waals surface area contributed by atoms with Crippen molar-refractivity contribution in [2.75, 3.05) is 13.1 Å². The first kappa shape index (κ1) is 19.0. The molecule has 3 heterocycles. The van der Waals surface area contributed by atoms with E-state index in [2.05, 4.69) is 10.1 Å². The number of H-pyrrole nitrogens is 1. The van der Waals surface area contributed by atoms with Gasteiger partial charge in [-0.05, 0) is 42.7 Å². The fourth-order valence-electron chi connectivity index (χ4n) is 4.50. The van der Waals surface area contributed by atoms with Gasteiger partial charge in [-0.25, -0.2) is 5.01 Å². The van der Waals surface area contributed by atoms with Crippen molar-refractivity contribution < 1.29 is 14.5 Å². The van der Waals surface area contributed by atoms with Gasteiger partial charge in [0.1, 0.15) is 6.54 Å². The minimum atomic E-state index is -1.17. The zero-order valence-corrected chi connectivity index (χ0v) is 16.7. The van der Waals surface area contributed by atoms with Crippen LogP contribution in [-0.4, -0.2) is 50.9 Å². The highest BCUT2D eigenvalue weighted by molar-refractivity contribution is 6.01. The summed E-state index contributed by atoms with van der Waals surface area (Å²) >= 11 is 0. The summed E-state index contributed by atoms with van der Waals surface area (Å²) < 4.78 is 0. The molecule has 1 N–H and O–H groups in total. The Balaban J connectivity index is 1.51. The number of carbonyl (C=O) groups is 2. The van der Waals surface area contributed by atoms with Gasteiger partial charge in [-0.15, -0.1) is 0 Å². The number of nitro groups is 1. The molecule has 2 aliphatic rings. The molecule has 2 aliphatic heterocycles. The Kier molecular flexibility index (Phi) is 4.14. The Morgan fingerprint density at radius 3 is 2.65 bits per heavy atom. The number of carbonyl (C=O) groups excluding carboxylic acids is 2. The van der Waals surface area contributed by atoms with Crippen molar-refractivity contribution in [3.63, 3.8) is 0 Å². The molecule has 0 radical (unpaired) electrons. The number of nitrogens with one attached hydrogen (secondary N) is 1. The van der Waals surface area contributed by atoms with Crippen LogP contribution in [0.5, 0.6) is 0 Å². The summed E-state index contributed by atoms with van der Waals surface area (Å²) in [5, 5.41) is 17.3. The first-order chi connectivity index (χ1) is 14.9. The number of hydrogen-bond donors (Lipinski definition) is 1. The van der Waals surface area contributed by atoms with Gasteiger partial charge in [0.15, 0.2) is 5.54 Å². The minimum Gasteiger partial charge on any atom is -0.356 e. The Morgan fingerprint density at radius 2 is 1.90 bits per heavy atom. The summed E-state index contributed by atoms with van der Waals surface area (Å²) in [5.41, 5.74) is 2.10. The molecule has 3 aromatic rings. The van der Waals surface area contributed by atoms with Gasteiger partial charge in [0.2, 0.25) is 5.91 Å². The van der Waals surface area contributed by atoms with Crippen LogP contribution in [0.3, 0.4) is 0 Å². The largest absolute Gasteiger partial charge is 0.356 e. The number of hydrazone groups is 1. The van der Waals surface area contributed by atoms with Gasteiger partial charge in [-0.3, -0.25) is 19.7 Å². The molecule has 0 aliphatic carbocycles. The molecule has 1 aromatic heterocycles. The van der Waals surface area contributed by atoms with E-state index in [1.54, 1.807) is 24.0 Å². The van der Waals surface area contributed by atoms with Gasteiger partial charge >= 0.3 is 0 Å². The SMILES string of the molecule is CC12C(=O)N(/N=C/c3ccc([N+](=O)[O-])cc3)CC(=O)N1CCc1c2[nH]c2ccccc12. The van der Waals surface area contributed by atoms with Crippen LogP contribution in [0.2, 0.25) is 0 Å². The number of aromatic nitrogens is 1. The highest BCUT2D eigenvalue weighted by Crippen LogP contribution is 2.41. The second kappa shape index (κ2) is 6.76. The summed E-state index contributed by atoms with van der Waals surface area (Å²) in [4.78, 5) is 41.8.